The number of nitrogens with zero attached hydrogens (tertiary/aromatic N) is 1. The number of aliphatic imine (C=N–C) groups is 1. The summed E-state index contributed by atoms with van der Waals surface area (Å²) >= 11 is 0. The maximum absolute atomic E-state index is 11.6. The smallest absolute Gasteiger partial charge is 0.330 e. The number of carbonyl (C=O) groups is 1. The average molecular weight is 438 g/mol. The molecule has 1 rings (SSSR count). The maximum atomic E-state index is 11.6. The number of carbonyl (C=O) groups excluding carboxylic acids is 1. The van der Waals surface area contributed by atoms with Crippen LogP contribution in [0.1, 0.15) is 40.5 Å². The molecule has 166 valence electrons. The Morgan fingerprint density at radius 3 is 2.31 bits per heavy atom. The summed E-state index contributed by atoms with van der Waals surface area (Å²) in [6.45, 7) is 25.6. The Bertz CT molecular complexity index is 667. The molecule has 2 atom stereocenters. The molecular weight excluding hydrogens is 394 g/mol. The van der Waals surface area contributed by atoms with Crippen molar-refractivity contribution in [2.45, 2.75) is 90.4 Å². The van der Waals surface area contributed by atoms with Gasteiger partial charge in [-0.15, -0.1) is 0 Å². The van der Waals surface area contributed by atoms with Crippen LogP contribution in [0.4, 0.5) is 0 Å². The molecule has 0 amide bonds. The Labute approximate surface area is 181 Å². The Balaban J connectivity index is 2.98. The second-order valence-electron chi connectivity index (χ2n) is 11.2. The van der Waals surface area contributed by atoms with Gasteiger partial charge in [0.15, 0.2) is 8.32 Å². The van der Waals surface area contributed by atoms with Crippen LogP contribution in [-0.4, -0.2) is 47.8 Å². The highest BCUT2D eigenvalue weighted by atomic mass is 28.4. The van der Waals surface area contributed by atoms with Crippen LogP contribution in [0.5, 0.6) is 0 Å². The molecule has 0 aromatic carbocycles. The van der Waals surface area contributed by atoms with Gasteiger partial charge >= 0.3 is 5.97 Å². The standard InChI is InChI=1S/C23H43NO3Si2/c1-17(13-22(25)26-6)12-21-20(18(2)16-28(7,8)9)14-19(24-21)15-27-29(10,11)23(3,4)5/h13,19-20H,2,12,14-16H2,1,3-11H3/b17-13+/t19-,20+/m1/s1. The second kappa shape index (κ2) is 9.88. The van der Waals surface area contributed by atoms with Crippen molar-refractivity contribution in [2.24, 2.45) is 10.9 Å². The first-order chi connectivity index (χ1) is 13.1. The topological polar surface area (TPSA) is 47.9 Å². The van der Waals surface area contributed by atoms with E-state index in [1.807, 2.05) is 6.92 Å². The van der Waals surface area contributed by atoms with E-state index in [0.717, 1.165) is 23.7 Å². The lowest BCUT2D eigenvalue weighted by Gasteiger charge is -2.36. The van der Waals surface area contributed by atoms with Crippen LogP contribution in [0.25, 0.3) is 0 Å². The van der Waals surface area contributed by atoms with E-state index in [4.69, 9.17) is 14.2 Å². The lowest BCUT2D eigenvalue weighted by atomic mass is 9.90. The van der Waals surface area contributed by atoms with E-state index in [1.165, 1.54) is 12.7 Å². The average Bonchev–Trinajstić information content (AvgIpc) is 2.93. The first-order valence-corrected chi connectivity index (χ1v) is 17.3. The lowest BCUT2D eigenvalue weighted by Crippen LogP contribution is -2.42. The van der Waals surface area contributed by atoms with Crippen molar-refractivity contribution in [3.8, 4) is 0 Å². The number of hydrogen-bond donors (Lipinski definition) is 0. The third-order valence-electron chi connectivity index (χ3n) is 5.98. The summed E-state index contributed by atoms with van der Waals surface area (Å²) in [5.74, 6) is -0.0212. The predicted molar refractivity (Wildman–Crippen MR) is 130 cm³/mol. The fourth-order valence-electron chi connectivity index (χ4n) is 3.38. The zero-order valence-corrected chi connectivity index (χ0v) is 22.4. The molecule has 0 spiro atoms. The van der Waals surface area contributed by atoms with Crippen LogP contribution in [0.2, 0.25) is 43.8 Å². The van der Waals surface area contributed by atoms with Gasteiger partial charge in [-0.05, 0) is 37.5 Å². The van der Waals surface area contributed by atoms with E-state index < -0.39 is 16.4 Å². The quantitative estimate of drug-likeness (QED) is 0.186. The van der Waals surface area contributed by atoms with Gasteiger partial charge in [0.05, 0.1) is 19.8 Å². The molecule has 0 aromatic heterocycles. The Kier molecular flexibility index (Phi) is 8.88. The highest BCUT2D eigenvalue weighted by Crippen LogP contribution is 2.38. The van der Waals surface area contributed by atoms with Gasteiger partial charge in [-0.25, -0.2) is 4.79 Å². The molecule has 0 radical (unpaired) electrons. The number of allylic oxidation sites excluding steroid dienone is 2. The van der Waals surface area contributed by atoms with Crippen molar-refractivity contribution >= 4 is 28.1 Å². The first-order valence-electron chi connectivity index (χ1n) is 10.7. The van der Waals surface area contributed by atoms with Crippen molar-refractivity contribution in [3.05, 3.63) is 23.8 Å². The van der Waals surface area contributed by atoms with E-state index in [-0.39, 0.29) is 23.0 Å². The van der Waals surface area contributed by atoms with Gasteiger partial charge in [0.1, 0.15) is 0 Å². The lowest BCUT2D eigenvalue weighted by molar-refractivity contribution is -0.134. The second-order valence-corrected chi connectivity index (χ2v) is 21.5. The van der Waals surface area contributed by atoms with E-state index in [1.54, 1.807) is 6.08 Å². The summed E-state index contributed by atoms with van der Waals surface area (Å²) in [5.41, 5.74) is 3.42. The largest absolute Gasteiger partial charge is 0.466 e. The van der Waals surface area contributed by atoms with E-state index in [2.05, 4.69) is 60.1 Å². The molecular formula is C23H43NO3Si2. The van der Waals surface area contributed by atoms with Crippen molar-refractivity contribution < 1.29 is 14.0 Å². The number of esters is 1. The molecule has 0 saturated carbocycles. The molecule has 0 N–H and O–H groups in total. The van der Waals surface area contributed by atoms with E-state index in [0.29, 0.717) is 13.0 Å². The molecule has 0 saturated heterocycles. The van der Waals surface area contributed by atoms with Crippen LogP contribution < -0.4 is 0 Å². The van der Waals surface area contributed by atoms with E-state index >= 15 is 0 Å². The zero-order chi connectivity index (χ0) is 22.6. The van der Waals surface area contributed by atoms with Crippen molar-refractivity contribution in [3.63, 3.8) is 0 Å². The minimum absolute atomic E-state index is 0.174. The molecule has 1 heterocycles. The monoisotopic (exact) mass is 437 g/mol. The summed E-state index contributed by atoms with van der Waals surface area (Å²) in [6, 6.07) is 1.28. The fraction of sp³-hybridized carbons (Fsp3) is 0.739. The number of hydrogen-bond acceptors (Lipinski definition) is 4. The van der Waals surface area contributed by atoms with Crippen LogP contribution in [0.15, 0.2) is 28.8 Å². The molecule has 0 bridgehead atoms. The van der Waals surface area contributed by atoms with Crippen molar-refractivity contribution in [2.75, 3.05) is 13.7 Å². The minimum atomic E-state index is -1.80. The minimum Gasteiger partial charge on any atom is -0.466 e. The van der Waals surface area contributed by atoms with Gasteiger partial charge in [0, 0.05) is 32.2 Å². The van der Waals surface area contributed by atoms with Gasteiger partial charge in [0.2, 0.25) is 0 Å². The van der Waals surface area contributed by atoms with Gasteiger partial charge in [-0.1, -0.05) is 58.1 Å². The molecule has 0 aromatic rings. The third kappa shape index (κ3) is 8.34. The summed E-state index contributed by atoms with van der Waals surface area (Å²) in [7, 11) is -1.64. The van der Waals surface area contributed by atoms with Gasteiger partial charge in [0.25, 0.3) is 0 Å². The molecule has 1 aliphatic rings. The normalized spacial score (nSPS) is 21.2. The fourth-order valence-corrected chi connectivity index (χ4v) is 6.03. The Morgan fingerprint density at radius 1 is 1.24 bits per heavy atom. The molecule has 6 heteroatoms. The predicted octanol–water partition coefficient (Wildman–Crippen LogP) is 6.24. The summed E-state index contributed by atoms with van der Waals surface area (Å²) in [6.07, 6.45) is 3.24. The highest BCUT2D eigenvalue weighted by Gasteiger charge is 2.39. The maximum Gasteiger partial charge on any atom is 0.330 e. The van der Waals surface area contributed by atoms with Crippen LogP contribution in [-0.2, 0) is 14.0 Å². The first kappa shape index (κ1) is 26.0. The molecule has 0 fully saturated rings. The van der Waals surface area contributed by atoms with Crippen molar-refractivity contribution in [1.29, 1.82) is 0 Å². The molecule has 1 aliphatic heterocycles. The van der Waals surface area contributed by atoms with Crippen molar-refractivity contribution in [1.82, 2.24) is 0 Å². The van der Waals surface area contributed by atoms with E-state index in [9.17, 15) is 4.79 Å². The molecule has 0 aliphatic carbocycles. The number of methoxy groups -OCH3 is 1. The number of rotatable bonds is 9. The zero-order valence-electron chi connectivity index (χ0n) is 20.4. The van der Waals surface area contributed by atoms with Crippen LogP contribution in [0, 0.1) is 5.92 Å². The number of ether oxygens (including phenoxy) is 1. The molecule has 29 heavy (non-hydrogen) atoms. The summed E-state index contributed by atoms with van der Waals surface area (Å²) in [5, 5.41) is 0.193. The van der Waals surface area contributed by atoms with Gasteiger partial charge in [-0.3, -0.25) is 4.99 Å². The SMILES string of the molecule is C=C(C[Si](C)(C)C)[C@@H]1C[C@H](CO[Si](C)(C)C(C)(C)C)N=C1C/C(C)=C/C(=O)OC. The van der Waals surface area contributed by atoms with Crippen LogP contribution in [0.3, 0.4) is 0 Å². The Hall–Kier alpha value is -0.986. The molecule has 0 unspecified atom stereocenters. The third-order valence-corrected chi connectivity index (χ3v) is 12.0. The van der Waals surface area contributed by atoms with Gasteiger partial charge in [-0.2, -0.15) is 0 Å². The Morgan fingerprint density at radius 2 is 1.83 bits per heavy atom. The van der Waals surface area contributed by atoms with Crippen LogP contribution >= 0.6 is 0 Å². The van der Waals surface area contributed by atoms with Gasteiger partial charge < -0.3 is 9.16 Å². The molecule has 4 nitrogen and oxygen atoms in total. The summed E-state index contributed by atoms with van der Waals surface area (Å²) < 4.78 is 11.2. The summed E-state index contributed by atoms with van der Waals surface area (Å²) in [4.78, 5) is 16.7. The highest BCUT2D eigenvalue weighted by molar-refractivity contribution is 6.76.